The van der Waals surface area contributed by atoms with E-state index in [0.29, 0.717) is 38.1 Å². The molecule has 2 rings (SSSR count). The quantitative estimate of drug-likeness (QED) is 0.249. The molecule has 1 aliphatic heterocycles. The fourth-order valence-electron chi connectivity index (χ4n) is 3.24. The van der Waals surface area contributed by atoms with Crippen LogP contribution >= 0.6 is 24.0 Å². The van der Waals surface area contributed by atoms with Crippen LogP contribution in [0.3, 0.4) is 0 Å². The van der Waals surface area contributed by atoms with Crippen LogP contribution in [-0.2, 0) is 11.3 Å². The molecular weight excluding hydrogens is 467 g/mol. The van der Waals surface area contributed by atoms with E-state index in [1.807, 2.05) is 29.2 Å². The molecule has 0 saturated carbocycles. The Balaban J connectivity index is 0.00000392. The molecule has 6 nitrogen and oxygen atoms in total. The monoisotopic (exact) mass is 500 g/mol. The zero-order valence-electron chi connectivity index (χ0n) is 16.9. The number of para-hydroxylation sites is 1. The van der Waals surface area contributed by atoms with Gasteiger partial charge in [0.05, 0.1) is 0 Å². The number of nitrogens with zero attached hydrogens (tertiary/aromatic N) is 2. The maximum absolute atomic E-state index is 12.4. The molecule has 0 radical (unpaired) electrons. The summed E-state index contributed by atoms with van der Waals surface area (Å²) < 4.78 is 5.67. The largest absolute Gasteiger partial charge is 0.489 e. The van der Waals surface area contributed by atoms with E-state index in [9.17, 15) is 4.79 Å². The Kier molecular flexibility index (Phi) is 11.6. The number of hydrogen-bond donors (Lipinski definition) is 2. The lowest BCUT2D eigenvalue weighted by molar-refractivity contribution is -0.134. The van der Waals surface area contributed by atoms with Crippen molar-refractivity contribution in [1.82, 2.24) is 15.5 Å². The highest BCUT2D eigenvalue weighted by atomic mass is 127. The number of amides is 1. The lowest BCUT2D eigenvalue weighted by Gasteiger charge is -2.33. The Morgan fingerprint density at radius 2 is 2.14 bits per heavy atom. The third-order valence-electron chi connectivity index (χ3n) is 4.75. The summed E-state index contributed by atoms with van der Waals surface area (Å²) >= 11 is 0. The van der Waals surface area contributed by atoms with E-state index in [4.69, 9.17) is 4.74 Å². The third-order valence-corrected chi connectivity index (χ3v) is 4.75. The van der Waals surface area contributed by atoms with E-state index >= 15 is 0 Å². The highest BCUT2D eigenvalue weighted by Gasteiger charge is 2.22. The van der Waals surface area contributed by atoms with Crippen LogP contribution in [0, 0.1) is 0 Å². The van der Waals surface area contributed by atoms with Crippen molar-refractivity contribution < 1.29 is 9.53 Å². The van der Waals surface area contributed by atoms with Crippen molar-refractivity contribution in [2.45, 2.75) is 45.2 Å². The summed E-state index contributed by atoms with van der Waals surface area (Å²) in [7, 11) is 1.73. The molecule has 0 spiro atoms. The van der Waals surface area contributed by atoms with Crippen molar-refractivity contribution >= 4 is 35.8 Å². The van der Waals surface area contributed by atoms with E-state index in [1.54, 1.807) is 13.1 Å². The molecule has 0 aliphatic carbocycles. The first-order chi connectivity index (χ1) is 13.2. The standard InChI is InChI=1S/C21H32N4O2.HI/c1-4-15-27-19-11-6-5-10-18(19)16-24-21(22-3)23-13-12-20(26)25-14-8-7-9-17(25)2;/h4-6,10-11,17H,1,7-9,12-16H2,2-3H3,(H2,22,23,24);1H. The predicted octanol–water partition coefficient (Wildman–Crippen LogP) is 3.33. The van der Waals surface area contributed by atoms with Gasteiger partial charge in [-0.3, -0.25) is 9.79 Å². The number of likely N-dealkylation sites (tertiary alicyclic amines) is 1. The molecule has 1 aromatic rings. The lowest BCUT2D eigenvalue weighted by atomic mass is 10.0. The van der Waals surface area contributed by atoms with Gasteiger partial charge in [-0.25, -0.2) is 0 Å². The molecule has 1 unspecified atom stereocenters. The Morgan fingerprint density at radius 3 is 2.86 bits per heavy atom. The third kappa shape index (κ3) is 7.69. The van der Waals surface area contributed by atoms with Gasteiger partial charge < -0.3 is 20.3 Å². The average Bonchev–Trinajstić information content (AvgIpc) is 2.69. The summed E-state index contributed by atoms with van der Waals surface area (Å²) in [6, 6.07) is 8.24. The number of aliphatic imine (C=N–C) groups is 1. The van der Waals surface area contributed by atoms with Crippen LogP contribution < -0.4 is 15.4 Å². The number of rotatable bonds is 8. The fraction of sp³-hybridized carbons (Fsp3) is 0.524. The summed E-state index contributed by atoms with van der Waals surface area (Å²) in [6.07, 6.45) is 5.64. The zero-order chi connectivity index (χ0) is 19.5. The van der Waals surface area contributed by atoms with Gasteiger partial charge >= 0.3 is 0 Å². The first-order valence-electron chi connectivity index (χ1n) is 9.71. The van der Waals surface area contributed by atoms with Gasteiger partial charge in [0.1, 0.15) is 12.4 Å². The second-order valence-electron chi connectivity index (χ2n) is 6.74. The van der Waals surface area contributed by atoms with E-state index in [-0.39, 0.29) is 29.9 Å². The smallest absolute Gasteiger partial charge is 0.224 e. The van der Waals surface area contributed by atoms with Crippen molar-refractivity contribution in [1.29, 1.82) is 0 Å². The molecule has 7 heteroatoms. The van der Waals surface area contributed by atoms with Gasteiger partial charge in [-0.15, -0.1) is 24.0 Å². The van der Waals surface area contributed by atoms with E-state index in [1.165, 1.54) is 6.42 Å². The SMILES string of the molecule is C=CCOc1ccccc1CNC(=NC)NCCC(=O)N1CCCCC1C.I. The normalized spacial score (nSPS) is 16.7. The number of nitrogens with one attached hydrogen (secondary N) is 2. The molecular formula is C21H33IN4O2. The Labute approximate surface area is 185 Å². The Bertz CT molecular complexity index is 651. The van der Waals surface area contributed by atoms with Crippen LogP contribution in [-0.4, -0.2) is 49.6 Å². The number of benzene rings is 1. The number of hydrogen-bond acceptors (Lipinski definition) is 3. The van der Waals surface area contributed by atoms with Crippen molar-refractivity contribution in [3.8, 4) is 5.75 Å². The molecule has 28 heavy (non-hydrogen) atoms. The fourth-order valence-corrected chi connectivity index (χ4v) is 3.24. The minimum atomic E-state index is 0. The minimum Gasteiger partial charge on any atom is -0.489 e. The maximum Gasteiger partial charge on any atom is 0.224 e. The van der Waals surface area contributed by atoms with Crippen molar-refractivity contribution in [3.05, 3.63) is 42.5 Å². The van der Waals surface area contributed by atoms with Gasteiger partial charge in [-0.05, 0) is 32.3 Å². The van der Waals surface area contributed by atoms with Crippen LogP contribution in [0.4, 0.5) is 0 Å². The summed E-state index contributed by atoms with van der Waals surface area (Å²) in [6.45, 7) is 8.32. The molecule has 1 saturated heterocycles. The van der Waals surface area contributed by atoms with Gasteiger partial charge in [-0.2, -0.15) is 0 Å². The molecule has 0 aromatic heterocycles. The topological polar surface area (TPSA) is 66.0 Å². The highest BCUT2D eigenvalue weighted by molar-refractivity contribution is 14.0. The van der Waals surface area contributed by atoms with E-state index in [0.717, 1.165) is 30.7 Å². The van der Waals surface area contributed by atoms with E-state index in [2.05, 4.69) is 29.1 Å². The molecule has 1 aliphatic rings. The number of piperidine rings is 1. The molecule has 1 heterocycles. The summed E-state index contributed by atoms with van der Waals surface area (Å²) in [4.78, 5) is 18.6. The molecule has 0 bridgehead atoms. The molecule has 1 fully saturated rings. The molecule has 1 amide bonds. The van der Waals surface area contributed by atoms with Crippen LogP contribution in [0.1, 0.15) is 38.2 Å². The number of guanidine groups is 1. The van der Waals surface area contributed by atoms with Crippen molar-refractivity contribution in [3.63, 3.8) is 0 Å². The second kappa shape index (κ2) is 13.4. The van der Waals surface area contributed by atoms with Gasteiger partial charge in [0.2, 0.25) is 5.91 Å². The van der Waals surface area contributed by atoms with Gasteiger partial charge in [0.25, 0.3) is 0 Å². The van der Waals surface area contributed by atoms with Crippen LogP contribution in [0.15, 0.2) is 41.9 Å². The lowest BCUT2D eigenvalue weighted by Crippen LogP contribution is -2.44. The number of carbonyl (C=O) groups excluding carboxylic acids is 1. The number of carbonyl (C=O) groups is 1. The Morgan fingerprint density at radius 1 is 1.36 bits per heavy atom. The molecule has 2 N–H and O–H groups in total. The molecule has 1 atom stereocenters. The molecule has 1 aromatic carbocycles. The first-order valence-corrected chi connectivity index (χ1v) is 9.71. The van der Waals surface area contributed by atoms with Crippen molar-refractivity contribution in [2.75, 3.05) is 26.7 Å². The minimum absolute atomic E-state index is 0. The maximum atomic E-state index is 12.4. The van der Waals surface area contributed by atoms with Crippen LogP contribution in [0.25, 0.3) is 0 Å². The number of ether oxygens (including phenoxy) is 1. The predicted molar refractivity (Wildman–Crippen MR) is 125 cm³/mol. The summed E-state index contributed by atoms with van der Waals surface area (Å²) in [5.41, 5.74) is 1.04. The highest BCUT2D eigenvalue weighted by Crippen LogP contribution is 2.18. The summed E-state index contributed by atoms with van der Waals surface area (Å²) in [5.74, 6) is 1.72. The van der Waals surface area contributed by atoms with Gasteiger partial charge in [0.15, 0.2) is 5.96 Å². The van der Waals surface area contributed by atoms with Gasteiger partial charge in [-0.1, -0.05) is 30.9 Å². The first kappa shape index (κ1) is 24.3. The van der Waals surface area contributed by atoms with Crippen molar-refractivity contribution in [2.24, 2.45) is 4.99 Å². The Hall–Kier alpha value is -1.77. The van der Waals surface area contributed by atoms with Gasteiger partial charge in [0, 0.05) is 44.7 Å². The summed E-state index contributed by atoms with van der Waals surface area (Å²) in [5, 5.41) is 6.49. The molecule has 156 valence electrons. The van der Waals surface area contributed by atoms with E-state index < -0.39 is 0 Å². The second-order valence-corrected chi connectivity index (χ2v) is 6.74. The van der Waals surface area contributed by atoms with Crippen LogP contribution in [0.5, 0.6) is 5.75 Å². The number of halogens is 1. The van der Waals surface area contributed by atoms with Crippen LogP contribution in [0.2, 0.25) is 0 Å². The zero-order valence-corrected chi connectivity index (χ0v) is 19.3. The average molecular weight is 500 g/mol.